The molecule has 0 saturated heterocycles. The molecule has 3 amide bonds. The first-order valence-electron chi connectivity index (χ1n) is 9.41. The van der Waals surface area contributed by atoms with Crippen molar-refractivity contribution in [1.82, 2.24) is 16.1 Å². The molecule has 2 aromatic rings. The van der Waals surface area contributed by atoms with Crippen LogP contribution in [-0.2, 0) is 4.79 Å². The van der Waals surface area contributed by atoms with E-state index < -0.39 is 5.91 Å². The molecule has 0 aliphatic rings. The Kier molecular flexibility index (Phi) is 8.99. The Labute approximate surface area is 178 Å². The number of aliphatic hydroxyl groups is 1. The predicted molar refractivity (Wildman–Crippen MR) is 113 cm³/mol. The average molecular weight is 428 g/mol. The summed E-state index contributed by atoms with van der Waals surface area (Å²) in [6.07, 6.45) is 1.38. The highest BCUT2D eigenvalue weighted by atomic mass is 16.5. The van der Waals surface area contributed by atoms with Crippen molar-refractivity contribution in [1.29, 1.82) is 0 Å². The van der Waals surface area contributed by atoms with E-state index in [2.05, 4.69) is 21.2 Å². The van der Waals surface area contributed by atoms with Gasteiger partial charge in [-0.05, 0) is 42.5 Å². The normalized spacial score (nSPS) is 10.5. The van der Waals surface area contributed by atoms with E-state index in [0.29, 0.717) is 16.9 Å². The van der Waals surface area contributed by atoms with E-state index in [4.69, 9.17) is 9.84 Å². The minimum absolute atomic E-state index is 0.0138. The summed E-state index contributed by atoms with van der Waals surface area (Å²) < 4.78 is 5.07. The Hall–Kier alpha value is -3.92. The number of phenols is 1. The largest absolute Gasteiger partial charge is 0.507 e. The van der Waals surface area contributed by atoms with Gasteiger partial charge in [-0.3, -0.25) is 14.4 Å². The Morgan fingerprint density at radius 3 is 2.32 bits per heavy atom. The summed E-state index contributed by atoms with van der Waals surface area (Å²) in [5.74, 6) is -0.631. The Balaban J connectivity index is 1.86. The number of ether oxygens (including phenoxy) is 1. The quantitative estimate of drug-likeness (QED) is 0.273. The van der Waals surface area contributed by atoms with Gasteiger partial charge in [0.15, 0.2) is 0 Å². The molecule has 0 aliphatic heterocycles. The summed E-state index contributed by atoms with van der Waals surface area (Å²) in [5, 5.41) is 27.3. The number of rotatable bonds is 10. The number of nitrogens with one attached hydrogen (secondary N) is 3. The monoisotopic (exact) mass is 428 g/mol. The number of hydrogen-bond donors (Lipinski definition) is 5. The van der Waals surface area contributed by atoms with E-state index in [1.807, 2.05) is 0 Å². The van der Waals surface area contributed by atoms with Crippen molar-refractivity contribution in [2.75, 3.05) is 26.8 Å². The summed E-state index contributed by atoms with van der Waals surface area (Å²) >= 11 is 0. The maximum absolute atomic E-state index is 12.2. The second-order valence-corrected chi connectivity index (χ2v) is 6.28. The number of aromatic hydroxyl groups is 1. The van der Waals surface area contributed by atoms with Gasteiger partial charge in [0.2, 0.25) is 5.91 Å². The van der Waals surface area contributed by atoms with Gasteiger partial charge in [-0.25, -0.2) is 5.43 Å². The summed E-state index contributed by atoms with van der Waals surface area (Å²) in [6.45, 7) is 0.165. The number of aliphatic hydroxyl groups excluding tert-OH is 1. The second kappa shape index (κ2) is 11.9. The molecule has 0 fully saturated rings. The fraction of sp³-hybridized carbons (Fsp3) is 0.238. The number of hydrogen-bond acceptors (Lipinski definition) is 7. The third kappa shape index (κ3) is 7.44. The fourth-order valence-corrected chi connectivity index (χ4v) is 2.44. The molecule has 0 aliphatic carbocycles. The van der Waals surface area contributed by atoms with Gasteiger partial charge in [0.05, 0.1) is 19.9 Å². The molecule has 10 heteroatoms. The molecule has 0 heterocycles. The van der Waals surface area contributed by atoms with Crippen LogP contribution in [0.4, 0.5) is 0 Å². The number of nitrogens with zero attached hydrogens (tertiary/aromatic N) is 1. The molecular weight excluding hydrogens is 404 g/mol. The van der Waals surface area contributed by atoms with Crippen LogP contribution in [0, 0.1) is 0 Å². The van der Waals surface area contributed by atoms with Crippen molar-refractivity contribution >= 4 is 23.9 Å². The molecule has 2 aromatic carbocycles. The van der Waals surface area contributed by atoms with Crippen molar-refractivity contribution in [2.24, 2.45) is 5.10 Å². The Morgan fingerprint density at radius 1 is 1.00 bits per heavy atom. The van der Waals surface area contributed by atoms with Gasteiger partial charge in [-0.15, -0.1) is 0 Å². The Morgan fingerprint density at radius 2 is 1.68 bits per heavy atom. The lowest BCUT2D eigenvalue weighted by molar-refractivity contribution is -0.121. The van der Waals surface area contributed by atoms with Gasteiger partial charge in [-0.1, -0.05) is 0 Å². The Bertz CT molecular complexity index is 943. The highest BCUT2D eigenvalue weighted by Gasteiger charge is 2.09. The van der Waals surface area contributed by atoms with E-state index in [9.17, 15) is 19.5 Å². The molecule has 0 spiro atoms. The molecule has 0 saturated carbocycles. The van der Waals surface area contributed by atoms with Crippen LogP contribution in [-0.4, -0.2) is 61.0 Å². The highest BCUT2D eigenvalue weighted by molar-refractivity contribution is 5.98. The second-order valence-electron chi connectivity index (χ2n) is 6.28. The maximum atomic E-state index is 12.2. The van der Waals surface area contributed by atoms with Crippen LogP contribution in [0.15, 0.2) is 47.6 Å². The van der Waals surface area contributed by atoms with Crippen molar-refractivity contribution < 1.29 is 29.3 Å². The van der Waals surface area contributed by atoms with Gasteiger partial charge in [0.25, 0.3) is 11.8 Å². The van der Waals surface area contributed by atoms with Crippen LogP contribution >= 0.6 is 0 Å². The third-order valence-electron chi connectivity index (χ3n) is 4.09. The summed E-state index contributed by atoms with van der Waals surface area (Å²) in [6, 6.07) is 10.5. The summed E-state index contributed by atoms with van der Waals surface area (Å²) in [4.78, 5) is 35.7. The molecule has 0 bridgehead atoms. The molecule has 0 aromatic heterocycles. The minimum atomic E-state index is -0.494. The number of carbonyl (C=O) groups is 3. The van der Waals surface area contributed by atoms with Crippen molar-refractivity contribution in [3.63, 3.8) is 0 Å². The van der Waals surface area contributed by atoms with Gasteiger partial charge >= 0.3 is 0 Å². The zero-order chi connectivity index (χ0) is 22.6. The lowest BCUT2D eigenvalue weighted by Crippen LogP contribution is -2.32. The minimum Gasteiger partial charge on any atom is -0.507 e. The van der Waals surface area contributed by atoms with Crippen molar-refractivity contribution in [2.45, 2.75) is 6.42 Å². The van der Waals surface area contributed by atoms with Crippen LogP contribution < -0.4 is 20.8 Å². The van der Waals surface area contributed by atoms with E-state index >= 15 is 0 Å². The van der Waals surface area contributed by atoms with Crippen LogP contribution in [0.5, 0.6) is 11.5 Å². The van der Waals surface area contributed by atoms with Crippen LogP contribution in [0.1, 0.15) is 32.7 Å². The molecule has 0 atom stereocenters. The molecule has 0 unspecified atom stereocenters. The first-order chi connectivity index (χ1) is 14.9. The molecule has 0 radical (unpaired) electrons. The molecule has 2 rings (SSSR count). The van der Waals surface area contributed by atoms with E-state index in [-0.39, 0.29) is 49.2 Å². The van der Waals surface area contributed by atoms with E-state index in [1.54, 1.807) is 12.1 Å². The lowest BCUT2D eigenvalue weighted by Gasteiger charge is -2.07. The SMILES string of the molecule is COc1ccc(O)c(C=NNC(=O)c2ccc(C(=O)NCCC(=O)NCCO)cc2)c1. The smallest absolute Gasteiger partial charge is 0.271 e. The molecular formula is C21H24N4O6. The number of amides is 3. The highest BCUT2D eigenvalue weighted by Crippen LogP contribution is 2.20. The molecule has 164 valence electrons. The summed E-state index contributed by atoms with van der Waals surface area (Å²) in [7, 11) is 1.50. The standard InChI is InChI=1S/C21H24N4O6/c1-31-17-6-7-18(27)16(12-17)13-24-25-21(30)15-4-2-14(3-5-15)20(29)23-9-8-19(28)22-10-11-26/h2-7,12-13,26-27H,8-11H2,1H3,(H,22,28)(H,23,29)(H,25,30). The lowest BCUT2D eigenvalue weighted by atomic mass is 10.1. The number of phenolic OH excluding ortho intramolecular Hbond substituents is 1. The van der Waals surface area contributed by atoms with E-state index in [1.165, 1.54) is 43.7 Å². The molecule has 10 nitrogen and oxygen atoms in total. The topological polar surface area (TPSA) is 149 Å². The van der Waals surface area contributed by atoms with Crippen LogP contribution in [0.2, 0.25) is 0 Å². The molecule has 31 heavy (non-hydrogen) atoms. The number of carbonyl (C=O) groups excluding carboxylic acids is 3. The maximum Gasteiger partial charge on any atom is 0.271 e. The first-order valence-corrected chi connectivity index (χ1v) is 9.41. The van der Waals surface area contributed by atoms with Gasteiger partial charge in [0.1, 0.15) is 11.5 Å². The van der Waals surface area contributed by atoms with Gasteiger partial charge < -0.3 is 25.6 Å². The van der Waals surface area contributed by atoms with Gasteiger partial charge in [0, 0.05) is 36.2 Å². The van der Waals surface area contributed by atoms with E-state index in [0.717, 1.165) is 0 Å². The zero-order valence-corrected chi connectivity index (χ0v) is 16.9. The van der Waals surface area contributed by atoms with Crippen molar-refractivity contribution in [3.8, 4) is 11.5 Å². The number of methoxy groups -OCH3 is 1. The van der Waals surface area contributed by atoms with Gasteiger partial charge in [-0.2, -0.15) is 5.10 Å². The third-order valence-corrected chi connectivity index (χ3v) is 4.09. The molecule has 5 N–H and O–H groups in total. The predicted octanol–water partition coefficient (Wildman–Crippen LogP) is 0.393. The zero-order valence-electron chi connectivity index (χ0n) is 16.9. The summed E-state index contributed by atoms with van der Waals surface area (Å²) in [5.41, 5.74) is 3.33. The van der Waals surface area contributed by atoms with Crippen molar-refractivity contribution in [3.05, 3.63) is 59.2 Å². The fourth-order valence-electron chi connectivity index (χ4n) is 2.44. The first kappa shape index (κ1) is 23.4. The number of benzene rings is 2. The van der Waals surface area contributed by atoms with Crippen LogP contribution in [0.25, 0.3) is 0 Å². The average Bonchev–Trinajstić information content (AvgIpc) is 2.78. The number of hydrazone groups is 1. The van der Waals surface area contributed by atoms with Crippen LogP contribution in [0.3, 0.4) is 0 Å².